The largest absolute Gasteiger partial charge is 0.481 e. The Labute approximate surface area is 107 Å². The third kappa shape index (κ3) is 4.99. The van der Waals surface area contributed by atoms with E-state index < -0.39 is 5.97 Å². The minimum atomic E-state index is -0.877. The van der Waals surface area contributed by atoms with Gasteiger partial charge in [0.1, 0.15) is 0 Å². The molecular formula is C14H19NO3. The van der Waals surface area contributed by atoms with E-state index in [1.165, 1.54) is 0 Å². The lowest BCUT2D eigenvalue weighted by Gasteiger charge is -2.09. The molecule has 4 heteroatoms. The van der Waals surface area contributed by atoms with E-state index in [0.29, 0.717) is 23.6 Å². The molecule has 18 heavy (non-hydrogen) atoms. The van der Waals surface area contributed by atoms with Gasteiger partial charge in [-0.15, -0.1) is 0 Å². The van der Waals surface area contributed by atoms with Crippen LogP contribution in [0.5, 0.6) is 0 Å². The molecular weight excluding hydrogens is 230 g/mol. The summed E-state index contributed by atoms with van der Waals surface area (Å²) in [6.07, 6.45) is 1.42. The molecule has 1 aromatic carbocycles. The van der Waals surface area contributed by atoms with Crippen LogP contribution in [0.2, 0.25) is 0 Å². The number of aliphatic carboxylic acids is 1. The van der Waals surface area contributed by atoms with Gasteiger partial charge in [-0.25, -0.2) is 0 Å². The monoisotopic (exact) mass is 249 g/mol. The molecule has 0 saturated carbocycles. The van der Waals surface area contributed by atoms with Crippen molar-refractivity contribution in [3.63, 3.8) is 0 Å². The number of carbonyl (C=O) groups excluding carboxylic acids is 1. The third-order valence-corrected chi connectivity index (χ3v) is 2.80. The molecule has 2 N–H and O–H groups in total. The lowest BCUT2D eigenvalue weighted by molar-refractivity contribution is -0.136. The number of nitrogens with one attached hydrogen (secondary N) is 1. The van der Waals surface area contributed by atoms with Crippen molar-refractivity contribution in [1.29, 1.82) is 0 Å². The Morgan fingerprint density at radius 3 is 2.72 bits per heavy atom. The number of amides is 1. The van der Waals surface area contributed by atoms with Crippen LogP contribution in [0.1, 0.15) is 32.3 Å². The quantitative estimate of drug-likeness (QED) is 0.814. The fourth-order valence-corrected chi connectivity index (χ4v) is 1.61. The van der Waals surface area contributed by atoms with Crippen LogP contribution in [-0.4, -0.2) is 17.0 Å². The molecule has 1 rings (SSSR count). The van der Waals surface area contributed by atoms with E-state index in [9.17, 15) is 9.59 Å². The van der Waals surface area contributed by atoms with Crippen molar-refractivity contribution in [2.75, 3.05) is 5.32 Å². The van der Waals surface area contributed by atoms with Crippen molar-refractivity contribution in [3.05, 3.63) is 29.8 Å². The molecule has 0 aliphatic heterocycles. The van der Waals surface area contributed by atoms with E-state index in [4.69, 9.17) is 5.11 Å². The first-order valence-electron chi connectivity index (χ1n) is 6.11. The number of hydrogen-bond acceptors (Lipinski definition) is 2. The maximum Gasteiger partial charge on any atom is 0.307 e. The van der Waals surface area contributed by atoms with Gasteiger partial charge < -0.3 is 10.4 Å². The number of carboxylic acids is 1. The van der Waals surface area contributed by atoms with Gasteiger partial charge in [-0.05, 0) is 23.6 Å². The van der Waals surface area contributed by atoms with Crippen LogP contribution < -0.4 is 5.32 Å². The van der Waals surface area contributed by atoms with Crippen LogP contribution in [0.4, 0.5) is 5.69 Å². The van der Waals surface area contributed by atoms with E-state index in [0.717, 1.165) is 6.42 Å². The average Bonchev–Trinajstić information content (AvgIpc) is 2.28. The third-order valence-electron chi connectivity index (χ3n) is 2.80. The first kappa shape index (κ1) is 14.2. The van der Waals surface area contributed by atoms with Gasteiger partial charge >= 0.3 is 5.97 Å². The van der Waals surface area contributed by atoms with Gasteiger partial charge in [0, 0.05) is 12.1 Å². The van der Waals surface area contributed by atoms with Gasteiger partial charge in [0.15, 0.2) is 0 Å². The Morgan fingerprint density at radius 1 is 1.39 bits per heavy atom. The Bertz CT molecular complexity index is 429. The number of anilines is 1. The Morgan fingerprint density at radius 2 is 2.11 bits per heavy atom. The molecule has 1 unspecified atom stereocenters. The lowest BCUT2D eigenvalue weighted by Crippen LogP contribution is -2.15. The second-order valence-electron chi connectivity index (χ2n) is 4.54. The van der Waals surface area contributed by atoms with E-state index in [2.05, 4.69) is 5.32 Å². The van der Waals surface area contributed by atoms with Gasteiger partial charge in [-0.1, -0.05) is 32.4 Å². The molecule has 1 aromatic rings. The maximum absolute atomic E-state index is 11.7. The fourth-order valence-electron chi connectivity index (χ4n) is 1.61. The zero-order valence-electron chi connectivity index (χ0n) is 10.8. The smallest absolute Gasteiger partial charge is 0.307 e. The van der Waals surface area contributed by atoms with Gasteiger partial charge in [0.25, 0.3) is 0 Å². The van der Waals surface area contributed by atoms with E-state index >= 15 is 0 Å². The summed E-state index contributed by atoms with van der Waals surface area (Å²) in [5.74, 6) is -0.554. The molecule has 1 amide bonds. The zero-order valence-corrected chi connectivity index (χ0v) is 10.8. The fraction of sp³-hybridized carbons (Fsp3) is 0.429. The Kier molecular flexibility index (Phi) is 5.36. The molecule has 0 radical (unpaired) electrons. The molecule has 4 nitrogen and oxygen atoms in total. The minimum Gasteiger partial charge on any atom is -0.481 e. The summed E-state index contributed by atoms with van der Waals surface area (Å²) >= 11 is 0. The average molecular weight is 249 g/mol. The number of hydrogen-bond donors (Lipinski definition) is 2. The summed E-state index contributed by atoms with van der Waals surface area (Å²) in [5, 5.41) is 11.5. The second kappa shape index (κ2) is 6.79. The van der Waals surface area contributed by atoms with E-state index in [1.54, 1.807) is 24.3 Å². The topological polar surface area (TPSA) is 66.4 Å². The SMILES string of the molecule is CCC(C)CC(=O)Nc1cccc(CC(=O)O)c1. The summed E-state index contributed by atoms with van der Waals surface area (Å²) in [5.41, 5.74) is 1.34. The second-order valence-corrected chi connectivity index (χ2v) is 4.54. The summed E-state index contributed by atoms with van der Waals surface area (Å²) in [6.45, 7) is 4.08. The standard InChI is InChI=1S/C14H19NO3/c1-3-10(2)7-13(16)15-12-6-4-5-11(8-12)9-14(17)18/h4-6,8,10H,3,7,9H2,1-2H3,(H,15,16)(H,17,18). The number of carboxylic acid groups (broad SMARTS) is 1. The minimum absolute atomic E-state index is 0.0307. The van der Waals surface area contributed by atoms with Gasteiger partial charge in [0.2, 0.25) is 5.91 Å². The number of rotatable bonds is 6. The van der Waals surface area contributed by atoms with Crippen molar-refractivity contribution < 1.29 is 14.7 Å². The highest BCUT2D eigenvalue weighted by Crippen LogP contribution is 2.13. The normalized spacial score (nSPS) is 11.9. The molecule has 98 valence electrons. The molecule has 0 fully saturated rings. The molecule has 0 aliphatic rings. The van der Waals surface area contributed by atoms with Crippen molar-refractivity contribution >= 4 is 17.6 Å². The van der Waals surface area contributed by atoms with Gasteiger partial charge in [0.05, 0.1) is 6.42 Å². The van der Waals surface area contributed by atoms with Gasteiger partial charge in [-0.2, -0.15) is 0 Å². The van der Waals surface area contributed by atoms with Crippen molar-refractivity contribution in [1.82, 2.24) is 0 Å². The summed E-state index contributed by atoms with van der Waals surface area (Å²) in [7, 11) is 0. The lowest BCUT2D eigenvalue weighted by atomic mass is 10.0. The summed E-state index contributed by atoms with van der Waals surface area (Å²) in [6, 6.07) is 6.94. The highest BCUT2D eigenvalue weighted by Gasteiger charge is 2.08. The first-order valence-corrected chi connectivity index (χ1v) is 6.11. The molecule has 0 aliphatic carbocycles. The maximum atomic E-state index is 11.7. The van der Waals surface area contributed by atoms with E-state index in [1.807, 2.05) is 13.8 Å². The van der Waals surface area contributed by atoms with Gasteiger partial charge in [-0.3, -0.25) is 9.59 Å². The molecule has 0 heterocycles. The molecule has 0 aromatic heterocycles. The van der Waals surface area contributed by atoms with Crippen LogP contribution in [0.15, 0.2) is 24.3 Å². The zero-order chi connectivity index (χ0) is 13.5. The van der Waals surface area contributed by atoms with Crippen molar-refractivity contribution in [2.24, 2.45) is 5.92 Å². The highest BCUT2D eigenvalue weighted by atomic mass is 16.4. The van der Waals surface area contributed by atoms with Crippen LogP contribution in [0.25, 0.3) is 0 Å². The van der Waals surface area contributed by atoms with Crippen LogP contribution in [-0.2, 0) is 16.0 Å². The highest BCUT2D eigenvalue weighted by molar-refractivity contribution is 5.91. The predicted octanol–water partition coefficient (Wildman–Crippen LogP) is 2.69. The number of carbonyl (C=O) groups is 2. The van der Waals surface area contributed by atoms with Crippen molar-refractivity contribution in [3.8, 4) is 0 Å². The molecule has 0 saturated heterocycles. The Balaban J connectivity index is 2.61. The van der Waals surface area contributed by atoms with Crippen LogP contribution in [0.3, 0.4) is 0 Å². The number of benzene rings is 1. The molecule has 0 bridgehead atoms. The molecule has 1 atom stereocenters. The van der Waals surface area contributed by atoms with Crippen LogP contribution in [0, 0.1) is 5.92 Å². The summed E-state index contributed by atoms with van der Waals surface area (Å²) in [4.78, 5) is 22.3. The van der Waals surface area contributed by atoms with E-state index in [-0.39, 0.29) is 12.3 Å². The first-order chi connectivity index (χ1) is 8.51. The predicted molar refractivity (Wildman–Crippen MR) is 70.5 cm³/mol. The summed E-state index contributed by atoms with van der Waals surface area (Å²) < 4.78 is 0. The Hall–Kier alpha value is -1.84. The van der Waals surface area contributed by atoms with Crippen molar-refractivity contribution in [2.45, 2.75) is 33.1 Å². The van der Waals surface area contributed by atoms with Crippen LogP contribution >= 0.6 is 0 Å². The molecule has 0 spiro atoms.